The molecule has 2 rings (SSSR count). The van der Waals surface area contributed by atoms with Crippen molar-refractivity contribution in [2.75, 3.05) is 19.8 Å². The van der Waals surface area contributed by atoms with Crippen LogP contribution in [0.15, 0.2) is 15.7 Å². The number of alkyl halides is 3. The molecule has 0 aliphatic carbocycles. The number of ether oxygens (including phenoxy) is 1. The van der Waals surface area contributed by atoms with Crippen LogP contribution in [0.3, 0.4) is 0 Å². The highest BCUT2D eigenvalue weighted by atomic mass is 32.2. The van der Waals surface area contributed by atoms with Crippen LogP contribution in [0.5, 0.6) is 0 Å². The lowest BCUT2D eigenvalue weighted by atomic mass is 10.3. The predicted octanol–water partition coefficient (Wildman–Crippen LogP) is 1.24. The first-order valence-corrected chi connectivity index (χ1v) is 8.00. The zero-order valence-corrected chi connectivity index (χ0v) is 12.0. The molecule has 21 heavy (non-hydrogen) atoms. The van der Waals surface area contributed by atoms with E-state index in [1.807, 2.05) is 0 Å². The minimum atomic E-state index is -4.83. The maximum absolute atomic E-state index is 12.8. The van der Waals surface area contributed by atoms with Crippen LogP contribution in [0.25, 0.3) is 0 Å². The average molecular weight is 345 g/mol. The molecule has 1 atom stereocenters. The minimum Gasteiger partial charge on any atom is -0.480 e. The second-order valence-corrected chi connectivity index (χ2v) is 6.79. The number of nitrogens with zero attached hydrogens (tertiary/aromatic N) is 1. The number of carboxylic acids is 1. The van der Waals surface area contributed by atoms with Crippen molar-refractivity contribution in [2.45, 2.75) is 17.1 Å². The van der Waals surface area contributed by atoms with Gasteiger partial charge in [0.05, 0.1) is 18.8 Å². The van der Waals surface area contributed by atoms with Gasteiger partial charge in [0.15, 0.2) is 0 Å². The summed E-state index contributed by atoms with van der Waals surface area (Å²) >= 11 is 0.589. The van der Waals surface area contributed by atoms with E-state index in [1.165, 1.54) is 0 Å². The summed E-state index contributed by atoms with van der Waals surface area (Å²) in [6, 6.07) is -1.54. The molecule has 2 heterocycles. The smallest absolute Gasteiger partial charge is 0.418 e. The summed E-state index contributed by atoms with van der Waals surface area (Å²) in [5.74, 6) is -1.47. The van der Waals surface area contributed by atoms with E-state index >= 15 is 0 Å². The molecule has 1 aliphatic rings. The number of rotatable bonds is 3. The number of halogens is 3. The fraction of sp³-hybridized carbons (Fsp3) is 0.500. The van der Waals surface area contributed by atoms with Gasteiger partial charge in [-0.2, -0.15) is 28.8 Å². The zero-order valence-electron chi connectivity index (χ0n) is 10.3. The summed E-state index contributed by atoms with van der Waals surface area (Å²) in [5, 5.41) is 10.5. The molecule has 118 valence electrons. The maximum atomic E-state index is 12.8. The zero-order chi connectivity index (χ0) is 15.8. The van der Waals surface area contributed by atoms with Crippen LogP contribution in [0, 0.1) is 0 Å². The largest absolute Gasteiger partial charge is 0.480 e. The Labute approximate surface area is 121 Å². The second kappa shape index (κ2) is 5.55. The van der Waals surface area contributed by atoms with E-state index in [4.69, 9.17) is 9.84 Å². The molecular formula is C10H10F3NO5S2. The van der Waals surface area contributed by atoms with E-state index in [1.54, 1.807) is 0 Å². The quantitative estimate of drug-likeness (QED) is 0.891. The fourth-order valence-corrected chi connectivity index (χ4v) is 4.84. The van der Waals surface area contributed by atoms with Crippen LogP contribution >= 0.6 is 11.3 Å². The number of carboxylic acid groups (broad SMARTS) is 1. The molecule has 0 aromatic carbocycles. The third-order valence-corrected chi connectivity index (χ3v) is 5.72. The van der Waals surface area contributed by atoms with E-state index in [-0.39, 0.29) is 13.2 Å². The first kappa shape index (κ1) is 16.2. The fourth-order valence-electron chi connectivity index (χ4n) is 1.89. The van der Waals surface area contributed by atoms with E-state index in [9.17, 15) is 26.4 Å². The number of hydrogen-bond acceptors (Lipinski definition) is 5. The third kappa shape index (κ3) is 3.05. The molecule has 1 N–H and O–H groups in total. The van der Waals surface area contributed by atoms with Crippen molar-refractivity contribution in [3.05, 3.63) is 16.3 Å². The van der Waals surface area contributed by atoms with Crippen molar-refractivity contribution in [1.82, 2.24) is 4.31 Å². The number of thiophene rings is 1. The van der Waals surface area contributed by atoms with E-state index < -0.39 is 45.3 Å². The Bertz CT molecular complexity index is 639. The lowest BCUT2D eigenvalue weighted by molar-refractivity contribution is -0.146. The molecular weight excluding hydrogens is 335 g/mol. The predicted molar refractivity (Wildman–Crippen MR) is 65.5 cm³/mol. The molecule has 1 fully saturated rings. The molecule has 0 spiro atoms. The van der Waals surface area contributed by atoms with Gasteiger partial charge in [0.2, 0.25) is 10.0 Å². The third-order valence-electron chi connectivity index (χ3n) is 2.88. The summed E-state index contributed by atoms with van der Waals surface area (Å²) in [4.78, 5) is 10.1. The summed E-state index contributed by atoms with van der Waals surface area (Å²) in [7, 11) is -4.56. The molecule has 0 bridgehead atoms. The first-order chi connectivity index (χ1) is 9.65. The number of sulfonamides is 1. The van der Waals surface area contributed by atoms with Gasteiger partial charge in [-0.3, -0.25) is 4.79 Å². The summed E-state index contributed by atoms with van der Waals surface area (Å²) in [6.07, 6.45) is -4.83. The molecule has 1 unspecified atom stereocenters. The Morgan fingerprint density at radius 1 is 1.43 bits per heavy atom. The molecule has 1 aromatic rings. The van der Waals surface area contributed by atoms with Crippen LogP contribution in [-0.4, -0.2) is 49.6 Å². The Hall–Kier alpha value is -1.17. The van der Waals surface area contributed by atoms with Crippen LogP contribution in [0.2, 0.25) is 0 Å². The lowest BCUT2D eigenvalue weighted by Gasteiger charge is -2.31. The van der Waals surface area contributed by atoms with Gasteiger partial charge < -0.3 is 9.84 Å². The monoisotopic (exact) mass is 345 g/mol. The van der Waals surface area contributed by atoms with E-state index in [0.29, 0.717) is 21.0 Å². The normalized spacial score (nSPS) is 21.4. The molecule has 6 nitrogen and oxygen atoms in total. The number of aliphatic carboxylic acids is 1. The highest BCUT2D eigenvalue weighted by Gasteiger charge is 2.44. The van der Waals surface area contributed by atoms with Crippen molar-refractivity contribution in [3.8, 4) is 0 Å². The topological polar surface area (TPSA) is 83.9 Å². The van der Waals surface area contributed by atoms with Gasteiger partial charge >= 0.3 is 12.1 Å². The molecule has 0 amide bonds. The van der Waals surface area contributed by atoms with Gasteiger partial charge in [-0.25, -0.2) is 8.42 Å². The Morgan fingerprint density at radius 3 is 2.67 bits per heavy atom. The van der Waals surface area contributed by atoms with Crippen LogP contribution in [-0.2, 0) is 25.7 Å². The van der Waals surface area contributed by atoms with Gasteiger partial charge in [-0.15, -0.1) is 0 Å². The summed E-state index contributed by atoms with van der Waals surface area (Å²) in [5.41, 5.74) is -1.29. The molecule has 11 heteroatoms. The van der Waals surface area contributed by atoms with Crippen LogP contribution in [0.4, 0.5) is 13.2 Å². The van der Waals surface area contributed by atoms with Gasteiger partial charge in [-0.1, -0.05) is 0 Å². The molecule has 1 aliphatic heterocycles. The number of hydrogen-bond donors (Lipinski definition) is 1. The Morgan fingerprint density at radius 2 is 2.10 bits per heavy atom. The Kier molecular flexibility index (Phi) is 4.29. The van der Waals surface area contributed by atoms with Crippen molar-refractivity contribution in [3.63, 3.8) is 0 Å². The highest BCUT2D eigenvalue weighted by molar-refractivity contribution is 7.89. The second-order valence-electron chi connectivity index (χ2n) is 4.19. The summed E-state index contributed by atoms with van der Waals surface area (Å²) in [6.45, 7) is -0.791. The van der Waals surface area contributed by atoms with Gasteiger partial charge in [-0.05, 0) is 0 Å². The standard InChI is InChI=1S/C10H10F3NO5S2/c11-10(12,13)6-4-20-5-8(6)21(17,18)14-1-2-19-3-7(14)9(15)16/h4-5,7H,1-3H2,(H,15,16). The number of morpholine rings is 1. The van der Waals surface area contributed by atoms with E-state index in [2.05, 4.69) is 0 Å². The van der Waals surface area contributed by atoms with E-state index in [0.717, 1.165) is 5.38 Å². The molecule has 0 radical (unpaired) electrons. The minimum absolute atomic E-state index is 0.0749. The van der Waals surface area contributed by atoms with Crippen LogP contribution in [0.1, 0.15) is 5.56 Å². The molecule has 1 saturated heterocycles. The van der Waals surface area contributed by atoms with Crippen molar-refractivity contribution < 1.29 is 36.2 Å². The van der Waals surface area contributed by atoms with Gasteiger partial charge in [0, 0.05) is 17.3 Å². The van der Waals surface area contributed by atoms with Crippen molar-refractivity contribution in [1.29, 1.82) is 0 Å². The highest BCUT2D eigenvalue weighted by Crippen LogP contribution is 2.38. The SMILES string of the molecule is O=C(O)C1COCCN1S(=O)(=O)c1cscc1C(F)(F)F. The van der Waals surface area contributed by atoms with Crippen molar-refractivity contribution >= 4 is 27.3 Å². The maximum Gasteiger partial charge on any atom is 0.418 e. The average Bonchev–Trinajstić information content (AvgIpc) is 2.88. The summed E-state index contributed by atoms with van der Waals surface area (Å²) < 4.78 is 68.6. The van der Waals surface area contributed by atoms with Crippen LogP contribution < -0.4 is 0 Å². The van der Waals surface area contributed by atoms with Crippen molar-refractivity contribution in [2.24, 2.45) is 0 Å². The molecule has 0 saturated carbocycles. The van der Waals surface area contributed by atoms with Gasteiger partial charge in [0.25, 0.3) is 0 Å². The molecule has 1 aromatic heterocycles. The number of carbonyl (C=O) groups is 1. The lowest BCUT2D eigenvalue weighted by Crippen LogP contribution is -2.52. The van der Waals surface area contributed by atoms with Gasteiger partial charge in [0.1, 0.15) is 10.9 Å². The Balaban J connectivity index is 2.47. The first-order valence-electron chi connectivity index (χ1n) is 5.61.